The zero-order chi connectivity index (χ0) is 36.9. The highest BCUT2D eigenvalue weighted by Gasteiger charge is 2.46. The van der Waals surface area contributed by atoms with Crippen molar-refractivity contribution in [2.45, 2.75) is 64.4 Å². The molecule has 1 aliphatic rings. The molecule has 0 fully saturated rings. The Bertz CT molecular complexity index is 1860. The van der Waals surface area contributed by atoms with E-state index in [9.17, 15) is 31.9 Å². The van der Waals surface area contributed by atoms with Gasteiger partial charge in [0.25, 0.3) is 11.8 Å². The maximum atomic E-state index is 14.4. The van der Waals surface area contributed by atoms with Gasteiger partial charge in [-0.25, -0.2) is 13.9 Å². The van der Waals surface area contributed by atoms with Crippen molar-refractivity contribution in [1.82, 2.24) is 25.7 Å². The largest absolute Gasteiger partial charge is 0.444 e. The Kier molecular flexibility index (Phi) is 11.1. The van der Waals surface area contributed by atoms with E-state index in [1.54, 1.807) is 32.4 Å². The van der Waals surface area contributed by atoms with Crippen LogP contribution in [0.1, 0.15) is 72.8 Å². The van der Waals surface area contributed by atoms with E-state index >= 15 is 0 Å². The maximum absolute atomic E-state index is 14.4. The normalized spacial score (nSPS) is 16.1. The summed E-state index contributed by atoms with van der Waals surface area (Å²) in [6.07, 6.45) is -4.65. The van der Waals surface area contributed by atoms with Crippen LogP contribution in [0, 0.1) is 5.82 Å². The third kappa shape index (κ3) is 8.74. The smallest absolute Gasteiger partial charge is 0.416 e. The van der Waals surface area contributed by atoms with Gasteiger partial charge in [0.2, 0.25) is 0 Å². The van der Waals surface area contributed by atoms with Gasteiger partial charge in [0.15, 0.2) is 0 Å². The number of fused-ring (bicyclic) bond motifs is 1. The van der Waals surface area contributed by atoms with Gasteiger partial charge in [-0.05, 0) is 88.7 Å². The van der Waals surface area contributed by atoms with Crippen LogP contribution in [0.5, 0.6) is 0 Å². The van der Waals surface area contributed by atoms with Gasteiger partial charge in [-0.15, -0.1) is 0 Å². The molecule has 14 heteroatoms. The maximum Gasteiger partial charge on any atom is 0.416 e. The Hall–Kier alpha value is -5.24. The fraction of sp³-hybridized carbons (Fsp3) is 0.351. The van der Waals surface area contributed by atoms with E-state index in [2.05, 4.69) is 16.0 Å². The minimum absolute atomic E-state index is 0.180. The number of benzene rings is 3. The van der Waals surface area contributed by atoms with E-state index < -0.39 is 53.0 Å². The quantitative estimate of drug-likeness (QED) is 0.124. The van der Waals surface area contributed by atoms with Crippen molar-refractivity contribution in [3.63, 3.8) is 0 Å². The summed E-state index contributed by atoms with van der Waals surface area (Å²) in [5.41, 5.74) is 0.373. The van der Waals surface area contributed by atoms with Crippen molar-refractivity contribution in [3.8, 4) is 5.69 Å². The molecule has 0 radical (unpaired) electrons. The fourth-order valence-electron chi connectivity index (χ4n) is 5.97. The second-order valence-corrected chi connectivity index (χ2v) is 13.0. The number of halogens is 4. The van der Waals surface area contributed by atoms with E-state index in [0.717, 1.165) is 18.2 Å². The monoisotopic (exact) mass is 708 g/mol. The van der Waals surface area contributed by atoms with Crippen molar-refractivity contribution in [3.05, 3.63) is 113 Å². The van der Waals surface area contributed by atoms with Crippen LogP contribution in [0.15, 0.2) is 78.9 Å². The van der Waals surface area contributed by atoms with Crippen molar-refractivity contribution < 1.29 is 36.7 Å². The highest BCUT2D eigenvalue weighted by Crippen LogP contribution is 2.44. The molecule has 1 aliphatic heterocycles. The number of aromatic nitrogens is 2. The molecule has 3 N–H and O–H groups in total. The molecule has 2 atom stereocenters. The van der Waals surface area contributed by atoms with Crippen LogP contribution in [0.3, 0.4) is 0 Å². The number of hydrogen-bond donors (Lipinski definition) is 3. The van der Waals surface area contributed by atoms with Gasteiger partial charge in [0, 0.05) is 36.7 Å². The summed E-state index contributed by atoms with van der Waals surface area (Å²) in [5.74, 6) is -2.34. The summed E-state index contributed by atoms with van der Waals surface area (Å²) in [6.45, 7) is 8.30. The lowest BCUT2D eigenvalue weighted by atomic mass is 9.80. The Balaban J connectivity index is 1.53. The minimum atomic E-state index is -4.68. The molecule has 0 unspecified atom stereocenters. The number of nitrogens with zero attached hydrogens (tertiary/aromatic N) is 3. The van der Waals surface area contributed by atoms with E-state index in [4.69, 9.17) is 9.84 Å². The van der Waals surface area contributed by atoms with Gasteiger partial charge in [0.1, 0.15) is 23.3 Å². The lowest BCUT2D eigenvalue weighted by Crippen LogP contribution is -2.55. The third-order valence-corrected chi connectivity index (χ3v) is 8.18. The van der Waals surface area contributed by atoms with Gasteiger partial charge in [-0.2, -0.15) is 18.3 Å². The number of anilines is 1. The molecule has 0 spiro atoms. The summed E-state index contributed by atoms with van der Waals surface area (Å²) < 4.78 is 61.7. The van der Waals surface area contributed by atoms with Gasteiger partial charge < -0.3 is 20.7 Å². The number of carbonyl (C=O) groups is 3. The van der Waals surface area contributed by atoms with E-state index in [-0.39, 0.29) is 18.7 Å². The number of alkyl halides is 3. The number of alkyl carbamates (subject to hydrolysis) is 1. The average Bonchev–Trinajstić information content (AvgIpc) is 3.45. The minimum Gasteiger partial charge on any atom is -0.444 e. The summed E-state index contributed by atoms with van der Waals surface area (Å²) in [6, 6.07) is 17.4. The molecule has 0 aliphatic carbocycles. The van der Waals surface area contributed by atoms with Crippen LogP contribution < -0.4 is 20.9 Å². The number of amides is 3. The second-order valence-electron chi connectivity index (χ2n) is 13.0. The standard InChI is InChI=1S/C37H40F4N6O4/c1-5-46-33-30(28(45-47(33)27-13-7-6-8-14-27)22-42-19-10-20-43-35(50)51-36(2,3)4)29(23-15-17-26(38)18-16-23)31(34(46)49)44-32(48)24-11-9-12-25(21-24)37(39,40)41/h6-9,11-18,21,29,31,42H,5,10,19-20,22H2,1-4H3,(H,43,50)(H,44,48)/t29-,31-/m0/s1. The summed E-state index contributed by atoms with van der Waals surface area (Å²) in [7, 11) is 0. The zero-order valence-corrected chi connectivity index (χ0v) is 28.7. The molecule has 4 aromatic rings. The number of hydrogen-bond acceptors (Lipinski definition) is 6. The summed E-state index contributed by atoms with van der Waals surface area (Å²) in [4.78, 5) is 41.5. The number of rotatable bonds is 11. The molecule has 10 nitrogen and oxygen atoms in total. The summed E-state index contributed by atoms with van der Waals surface area (Å²) >= 11 is 0. The van der Waals surface area contributed by atoms with Gasteiger partial charge in [-0.3, -0.25) is 14.5 Å². The molecule has 51 heavy (non-hydrogen) atoms. The van der Waals surface area contributed by atoms with E-state index in [1.165, 1.54) is 35.2 Å². The number of ether oxygens (including phenoxy) is 1. The first-order chi connectivity index (χ1) is 24.2. The topological polar surface area (TPSA) is 118 Å². The van der Waals surface area contributed by atoms with Crippen LogP contribution in [-0.4, -0.2) is 59.0 Å². The molecular formula is C37H40F4N6O4. The predicted octanol–water partition coefficient (Wildman–Crippen LogP) is 6.33. The Labute approximate surface area is 293 Å². The number of likely N-dealkylation sites (N-methyl/N-ethyl adjacent to an activating group) is 1. The molecule has 0 bridgehead atoms. The van der Waals surface area contributed by atoms with Crippen LogP contribution >= 0.6 is 0 Å². The molecular weight excluding hydrogens is 668 g/mol. The Morgan fingerprint density at radius 1 is 0.941 bits per heavy atom. The Morgan fingerprint density at radius 3 is 2.29 bits per heavy atom. The lowest BCUT2D eigenvalue weighted by molar-refractivity contribution is -0.137. The molecule has 1 aromatic heterocycles. The molecule has 0 saturated heterocycles. The molecule has 3 amide bonds. The van der Waals surface area contributed by atoms with E-state index in [0.29, 0.717) is 47.8 Å². The zero-order valence-electron chi connectivity index (χ0n) is 28.7. The molecule has 270 valence electrons. The third-order valence-electron chi connectivity index (χ3n) is 8.18. The van der Waals surface area contributed by atoms with Gasteiger partial charge >= 0.3 is 12.3 Å². The van der Waals surface area contributed by atoms with Gasteiger partial charge in [-0.1, -0.05) is 36.4 Å². The van der Waals surface area contributed by atoms with Crippen LogP contribution in [0.25, 0.3) is 5.69 Å². The number of nitrogens with one attached hydrogen (secondary N) is 3. The predicted molar refractivity (Wildman–Crippen MR) is 183 cm³/mol. The van der Waals surface area contributed by atoms with Gasteiger partial charge in [0.05, 0.1) is 16.9 Å². The van der Waals surface area contributed by atoms with Crippen molar-refractivity contribution >= 4 is 23.7 Å². The van der Waals surface area contributed by atoms with Crippen molar-refractivity contribution in [2.24, 2.45) is 0 Å². The van der Waals surface area contributed by atoms with Crippen LogP contribution in [0.4, 0.5) is 28.2 Å². The average molecular weight is 709 g/mol. The molecule has 0 saturated carbocycles. The SMILES string of the molecule is CCN1C(=O)[C@@H](NC(=O)c2cccc(C(F)(F)F)c2)[C@@H](c2ccc(F)cc2)c2c(CNCCCNC(=O)OC(C)(C)C)nn(-c3ccccc3)c21. The van der Waals surface area contributed by atoms with Crippen molar-refractivity contribution in [2.75, 3.05) is 24.5 Å². The molecule has 3 aromatic carbocycles. The Morgan fingerprint density at radius 2 is 1.65 bits per heavy atom. The van der Waals surface area contributed by atoms with Crippen LogP contribution in [0.2, 0.25) is 0 Å². The first kappa shape index (κ1) is 37.0. The first-order valence-electron chi connectivity index (χ1n) is 16.6. The fourth-order valence-corrected chi connectivity index (χ4v) is 5.97. The molecule has 2 heterocycles. The number of carbonyl (C=O) groups excluding carboxylic acids is 3. The second kappa shape index (κ2) is 15.3. The summed E-state index contributed by atoms with van der Waals surface area (Å²) in [5, 5.41) is 13.7. The van der Waals surface area contributed by atoms with Crippen molar-refractivity contribution in [1.29, 1.82) is 0 Å². The number of para-hydroxylation sites is 1. The highest BCUT2D eigenvalue weighted by molar-refractivity contribution is 6.05. The first-order valence-corrected chi connectivity index (χ1v) is 16.6. The molecule has 5 rings (SSSR count). The lowest BCUT2D eigenvalue weighted by Gasteiger charge is -2.38. The van der Waals surface area contributed by atoms with E-state index in [1.807, 2.05) is 30.3 Å². The van der Waals surface area contributed by atoms with Crippen LogP contribution in [-0.2, 0) is 22.3 Å². The highest BCUT2D eigenvalue weighted by atomic mass is 19.4.